The monoisotopic (exact) mass is 516 g/mol. The van der Waals surface area contributed by atoms with Crippen LogP contribution in [0.1, 0.15) is 51.7 Å². The van der Waals surface area contributed by atoms with Crippen LogP contribution in [-0.2, 0) is 4.74 Å². The first-order valence-electron chi connectivity index (χ1n) is 10.9. The number of likely N-dealkylation sites (tertiary alicyclic amines) is 1. The van der Waals surface area contributed by atoms with E-state index in [4.69, 9.17) is 4.74 Å². The van der Waals surface area contributed by atoms with Crippen LogP contribution < -0.4 is 10.6 Å². The molecule has 1 saturated heterocycles. The maximum absolute atomic E-state index is 5.94. The third kappa shape index (κ3) is 10.6. The van der Waals surface area contributed by atoms with Gasteiger partial charge in [0.25, 0.3) is 0 Å². The molecule has 6 heteroatoms. The summed E-state index contributed by atoms with van der Waals surface area (Å²) in [6.07, 6.45) is 3.72. The molecule has 1 aromatic rings. The summed E-state index contributed by atoms with van der Waals surface area (Å²) in [5.41, 5.74) is 1.23. The highest BCUT2D eigenvalue weighted by molar-refractivity contribution is 14.0. The van der Waals surface area contributed by atoms with E-state index in [1.165, 1.54) is 38.0 Å². The first-order valence-corrected chi connectivity index (χ1v) is 10.9. The number of piperidine rings is 1. The van der Waals surface area contributed by atoms with Gasteiger partial charge in [-0.25, -0.2) is 0 Å². The van der Waals surface area contributed by atoms with Gasteiger partial charge in [0.1, 0.15) is 0 Å². The molecule has 2 unspecified atom stereocenters. The summed E-state index contributed by atoms with van der Waals surface area (Å²) < 4.78 is 5.94. The van der Waals surface area contributed by atoms with Crippen LogP contribution in [0.25, 0.3) is 0 Å². The lowest BCUT2D eigenvalue weighted by molar-refractivity contribution is 0.0646. The minimum absolute atomic E-state index is 0. The molecule has 1 aromatic carbocycles. The lowest BCUT2D eigenvalue weighted by atomic mass is 9.97. The molecule has 0 aromatic heterocycles. The van der Waals surface area contributed by atoms with Crippen molar-refractivity contribution in [2.75, 3.05) is 46.4 Å². The Morgan fingerprint density at radius 2 is 1.97 bits per heavy atom. The molecule has 1 fully saturated rings. The third-order valence-corrected chi connectivity index (χ3v) is 5.26. The molecular formula is C23H41IN4O. The molecule has 2 rings (SSSR count). The molecule has 0 amide bonds. The largest absolute Gasteiger partial charge is 0.374 e. The highest BCUT2D eigenvalue weighted by Gasteiger charge is 2.20. The number of halogens is 1. The summed E-state index contributed by atoms with van der Waals surface area (Å²) in [6, 6.07) is 10.4. The Balaban J connectivity index is 0.00000420. The maximum atomic E-state index is 5.94. The van der Waals surface area contributed by atoms with Gasteiger partial charge in [0, 0.05) is 39.8 Å². The molecule has 2 atom stereocenters. The van der Waals surface area contributed by atoms with Crippen LogP contribution in [0.4, 0.5) is 0 Å². The lowest BCUT2D eigenvalue weighted by Gasteiger charge is -2.34. The number of aliphatic imine (C=N–C) groups is 1. The van der Waals surface area contributed by atoms with Crippen LogP contribution in [-0.4, -0.2) is 57.2 Å². The van der Waals surface area contributed by atoms with E-state index >= 15 is 0 Å². The maximum Gasteiger partial charge on any atom is 0.190 e. The second kappa shape index (κ2) is 15.0. The van der Waals surface area contributed by atoms with E-state index in [1.807, 2.05) is 13.1 Å². The number of rotatable bonds is 10. The van der Waals surface area contributed by atoms with Gasteiger partial charge in [-0.1, -0.05) is 44.2 Å². The van der Waals surface area contributed by atoms with E-state index in [0.717, 1.165) is 38.0 Å². The van der Waals surface area contributed by atoms with Crippen LogP contribution in [0, 0.1) is 11.8 Å². The Labute approximate surface area is 195 Å². The highest BCUT2D eigenvalue weighted by Crippen LogP contribution is 2.17. The van der Waals surface area contributed by atoms with Gasteiger partial charge in [-0.2, -0.15) is 0 Å². The first kappa shape index (κ1) is 26.2. The summed E-state index contributed by atoms with van der Waals surface area (Å²) in [6.45, 7) is 13.0. The van der Waals surface area contributed by atoms with Crippen molar-refractivity contribution in [3.05, 3.63) is 35.9 Å². The van der Waals surface area contributed by atoms with E-state index in [-0.39, 0.29) is 30.1 Å². The molecule has 0 spiro atoms. The molecule has 2 N–H and O–H groups in total. The molecule has 0 bridgehead atoms. The second-order valence-corrected chi connectivity index (χ2v) is 8.32. The number of guanidine groups is 1. The van der Waals surface area contributed by atoms with Gasteiger partial charge in [-0.05, 0) is 50.1 Å². The van der Waals surface area contributed by atoms with Gasteiger partial charge in [-0.3, -0.25) is 4.99 Å². The topological polar surface area (TPSA) is 48.9 Å². The average Bonchev–Trinajstić information content (AvgIpc) is 2.70. The number of hydrogen-bond acceptors (Lipinski definition) is 3. The summed E-state index contributed by atoms with van der Waals surface area (Å²) in [4.78, 5) is 6.97. The van der Waals surface area contributed by atoms with E-state index in [9.17, 15) is 0 Å². The van der Waals surface area contributed by atoms with Crippen LogP contribution in [0.3, 0.4) is 0 Å². The van der Waals surface area contributed by atoms with Crippen LogP contribution >= 0.6 is 24.0 Å². The summed E-state index contributed by atoms with van der Waals surface area (Å²) >= 11 is 0. The molecule has 1 aliphatic heterocycles. The molecule has 29 heavy (non-hydrogen) atoms. The van der Waals surface area contributed by atoms with Crippen molar-refractivity contribution >= 4 is 29.9 Å². The quantitative estimate of drug-likeness (QED) is 0.211. The fourth-order valence-corrected chi connectivity index (χ4v) is 3.82. The number of nitrogens with one attached hydrogen (secondary N) is 2. The summed E-state index contributed by atoms with van der Waals surface area (Å²) in [5, 5.41) is 6.92. The van der Waals surface area contributed by atoms with Crippen molar-refractivity contribution in [3.8, 4) is 0 Å². The van der Waals surface area contributed by atoms with Gasteiger partial charge in [0.2, 0.25) is 0 Å². The van der Waals surface area contributed by atoms with Crippen LogP contribution in [0.15, 0.2) is 35.3 Å². The van der Waals surface area contributed by atoms with Gasteiger partial charge < -0.3 is 20.3 Å². The number of nitrogens with zero attached hydrogens (tertiary/aromatic N) is 2. The van der Waals surface area contributed by atoms with Crippen LogP contribution in [0.2, 0.25) is 0 Å². The minimum Gasteiger partial charge on any atom is -0.374 e. The molecule has 1 aliphatic rings. The Kier molecular flexibility index (Phi) is 13.6. The smallest absolute Gasteiger partial charge is 0.190 e. The number of ether oxygens (including phenoxy) is 1. The summed E-state index contributed by atoms with van der Waals surface area (Å²) in [7, 11) is 1.84. The highest BCUT2D eigenvalue weighted by atomic mass is 127. The Hall–Kier alpha value is -0.860. The average molecular weight is 517 g/mol. The van der Waals surface area contributed by atoms with E-state index < -0.39 is 0 Å². The molecule has 0 radical (unpaired) electrons. The van der Waals surface area contributed by atoms with E-state index in [1.54, 1.807) is 0 Å². The second-order valence-electron chi connectivity index (χ2n) is 8.32. The van der Waals surface area contributed by atoms with Gasteiger partial charge in [-0.15, -0.1) is 24.0 Å². The molecular weight excluding hydrogens is 475 g/mol. The Morgan fingerprint density at radius 3 is 2.66 bits per heavy atom. The molecule has 166 valence electrons. The normalized spacial score (nSPS) is 18.9. The fourth-order valence-electron chi connectivity index (χ4n) is 3.82. The number of hydrogen-bond donors (Lipinski definition) is 2. The first-order chi connectivity index (χ1) is 13.6. The van der Waals surface area contributed by atoms with Crippen molar-refractivity contribution in [2.45, 2.75) is 46.1 Å². The summed E-state index contributed by atoms with van der Waals surface area (Å²) in [5.74, 6) is 2.35. The molecule has 1 heterocycles. The van der Waals surface area contributed by atoms with Crippen molar-refractivity contribution in [1.29, 1.82) is 0 Å². The molecule has 5 nitrogen and oxygen atoms in total. The van der Waals surface area contributed by atoms with E-state index in [0.29, 0.717) is 5.92 Å². The van der Waals surface area contributed by atoms with E-state index in [2.05, 4.69) is 65.6 Å². The van der Waals surface area contributed by atoms with Crippen molar-refractivity contribution in [2.24, 2.45) is 16.8 Å². The Bertz CT molecular complexity index is 567. The zero-order valence-electron chi connectivity index (χ0n) is 18.7. The predicted molar refractivity (Wildman–Crippen MR) is 134 cm³/mol. The van der Waals surface area contributed by atoms with Crippen LogP contribution in [0.5, 0.6) is 0 Å². The van der Waals surface area contributed by atoms with Gasteiger partial charge in [0.05, 0.1) is 6.10 Å². The minimum atomic E-state index is 0. The predicted octanol–water partition coefficient (Wildman–Crippen LogP) is 4.31. The van der Waals surface area contributed by atoms with Gasteiger partial charge >= 0.3 is 0 Å². The molecule has 0 aliphatic carbocycles. The van der Waals surface area contributed by atoms with Crippen molar-refractivity contribution in [1.82, 2.24) is 15.5 Å². The fraction of sp³-hybridized carbons (Fsp3) is 0.696. The standard InChI is InChI=1S/C23H40N4O.HI/c1-19(2)17-27-14-8-10-21(18-27)16-26-23(24-4)25-13-9-15-28-20(3)22-11-6-5-7-12-22;/h5-7,11-12,19-21H,8-10,13-18H2,1-4H3,(H2,24,25,26);1H. The lowest BCUT2D eigenvalue weighted by Crippen LogP contribution is -2.45. The Morgan fingerprint density at radius 1 is 1.21 bits per heavy atom. The zero-order valence-corrected chi connectivity index (χ0v) is 21.0. The van der Waals surface area contributed by atoms with Crippen molar-refractivity contribution < 1.29 is 4.74 Å². The van der Waals surface area contributed by atoms with Crippen molar-refractivity contribution in [3.63, 3.8) is 0 Å². The van der Waals surface area contributed by atoms with Gasteiger partial charge in [0.15, 0.2) is 5.96 Å². The zero-order chi connectivity index (χ0) is 20.2. The SMILES string of the molecule is CN=C(NCCCOC(C)c1ccccc1)NCC1CCCN(CC(C)C)C1.I. The molecule has 0 saturated carbocycles. The number of benzene rings is 1. The third-order valence-electron chi connectivity index (χ3n) is 5.26.